The fraction of sp³-hybridized carbons (Fsp3) is 0.400. The first-order valence-electron chi connectivity index (χ1n) is 2.35. The fourth-order valence-corrected chi connectivity index (χ4v) is 0.935. The standard InChI is InChI=1S/C5H7N2S.Pd/c1-8-4-5-2-3-6-7-5;/h2-3H,4H2,1H3;/q-1;. The molecule has 0 spiro atoms. The van der Waals surface area contributed by atoms with E-state index in [9.17, 15) is 0 Å². The summed E-state index contributed by atoms with van der Waals surface area (Å²) in [6.07, 6.45) is 3.76. The van der Waals surface area contributed by atoms with Crippen LogP contribution in [0.1, 0.15) is 5.69 Å². The van der Waals surface area contributed by atoms with Crippen LogP contribution in [0.3, 0.4) is 0 Å². The maximum Gasteiger partial charge on any atom is 0.0336 e. The second-order valence-corrected chi connectivity index (χ2v) is 2.32. The van der Waals surface area contributed by atoms with E-state index >= 15 is 0 Å². The summed E-state index contributed by atoms with van der Waals surface area (Å²) < 4.78 is 0. The summed E-state index contributed by atoms with van der Waals surface area (Å²) in [6.45, 7) is 0. The molecule has 1 heterocycles. The van der Waals surface area contributed by atoms with Gasteiger partial charge in [-0.1, -0.05) is 6.07 Å². The molecular formula is C5H7N2PdS-. The van der Waals surface area contributed by atoms with Crippen LogP contribution in [-0.4, -0.2) is 11.4 Å². The molecule has 0 amide bonds. The Balaban J connectivity index is 0.000000640. The van der Waals surface area contributed by atoms with Gasteiger partial charge < -0.3 is 10.2 Å². The summed E-state index contributed by atoms with van der Waals surface area (Å²) in [4.78, 5) is 0. The summed E-state index contributed by atoms with van der Waals surface area (Å²) in [7, 11) is 0. The quantitative estimate of drug-likeness (QED) is 0.711. The molecule has 0 aromatic carbocycles. The van der Waals surface area contributed by atoms with Gasteiger partial charge in [0.1, 0.15) is 0 Å². The zero-order valence-electron chi connectivity index (χ0n) is 4.98. The maximum atomic E-state index is 3.84. The molecule has 0 atom stereocenters. The second kappa shape index (κ2) is 5.04. The average Bonchev–Trinajstić information content (AvgIpc) is 2.19. The number of nitrogens with zero attached hydrogens (tertiary/aromatic N) is 2. The van der Waals surface area contributed by atoms with Gasteiger partial charge in [0, 0.05) is 31.9 Å². The Labute approximate surface area is 72.5 Å². The van der Waals surface area contributed by atoms with E-state index in [1.54, 1.807) is 18.0 Å². The van der Waals surface area contributed by atoms with Crippen molar-refractivity contribution in [2.24, 2.45) is 0 Å². The third kappa shape index (κ3) is 3.05. The van der Waals surface area contributed by atoms with E-state index < -0.39 is 0 Å². The Morgan fingerprint density at radius 2 is 2.56 bits per heavy atom. The molecule has 54 valence electrons. The number of hydrogen-bond donors (Lipinski definition) is 0. The van der Waals surface area contributed by atoms with Crippen LogP contribution < -0.4 is 5.10 Å². The summed E-state index contributed by atoms with van der Waals surface area (Å²) in [5.41, 5.74) is 1.07. The van der Waals surface area contributed by atoms with Crippen LogP contribution in [0.25, 0.3) is 0 Å². The van der Waals surface area contributed by atoms with Crippen molar-refractivity contribution in [3.05, 3.63) is 18.0 Å². The molecule has 1 rings (SSSR count). The Kier molecular flexibility index (Phi) is 5.17. The molecule has 1 aromatic rings. The van der Waals surface area contributed by atoms with Crippen LogP contribution in [0.15, 0.2) is 12.3 Å². The van der Waals surface area contributed by atoms with Gasteiger partial charge in [-0.15, -0.1) is 0 Å². The van der Waals surface area contributed by atoms with Crippen molar-refractivity contribution >= 4 is 11.8 Å². The minimum absolute atomic E-state index is 0. The average molecular weight is 234 g/mol. The maximum absolute atomic E-state index is 3.84. The molecule has 1 aromatic heterocycles. The zero-order chi connectivity index (χ0) is 5.82. The molecular weight excluding hydrogens is 227 g/mol. The van der Waals surface area contributed by atoms with E-state index in [1.807, 2.05) is 6.07 Å². The third-order valence-electron chi connectivity index (χ3n) is 0.812. The molecule has 9 heavy (non-hydrogen) atoms. The Morgan fingerprint density at radius 3 is 3.00 bits per heavy atom. The van der Waals surface area contributed by atoms with Crippen molar-refractivity contribution in [1.82, 2.24) is 10.2 Å². The topological polar surface area (TPSA) is 27.0 Å². The van der Waals surface area contributed by atoms with Gasteiger partial charge in [0.05, 0.1) is 0 Å². The van der Waals surface area contributed by atoms with Gasteiger partial charge in [-0.25, -0.2) is 0 Å². The van der Waals surface area contributed by atoms with E-state index in [4.69, 9.17) is 0 Å². The minimum Gasteiger partial charge on any atom is -0.581 e. The van der Waals surface area contributed by atoms with Crippen LogP contribution in [0.2, 0.25) is 0 Å². The van der Waals surface area contributed by atoms with E-state index in [0.717, 1.165) is 11.4 Å². The number of rotatable bonds is 2. The number of hydrogen-bond acceptors (Lipinski definition) is 2. The molecule has 0 N–H and O–H groups in total. The monoisotopic (exact) mass is 233 g/mol. The van der Waals surface area contributed by atoms with Gasteiger partial charge >= 0.3 is 0 Å². The van der Waals surface area contributed by atoms with Crippen molar-refractivity contribution in [3.8, 4) is 0 Å². The SMILES string of the molecule is CSCc1cc[n-]n1.[Pd]. The predicted molar refractivity (Wildman–Crippen MR) is 34.8 cm³/mol. The van der Waals surface area contributed by atoms with Crippen molar-refractivity contribution in [2.45, 2.75) is 5.75 Å². The van der Waals surface area contributed by atoms with Crippen LogP contribution in [0.5, 0.6) is 0 Å². The molecule has 0 unspecified atom stereocenters. The molecule has 0 aliphatic rings. The zero-order valence-corrected chi connectivity index (χ0v) is 7.35. The summed E-state index contributed by atoms with van der Waals surface area (Å²) in [5, 5.41) is 7.51. The van der Waals surface area contributed by atoms with E-state index in [1.165, 1.54) is 0 Å². The van der Waals surface area contributed by atoms with E-state index in [0.29, 0.717) is 0 Å². The molecule has 0 saturated heterocycles. The van der Waals surface area contributed by atoms with Gasteiger partial charge in [0.15, 0.2) is 0 Å². The number of aromatic nitrogens is 2. The smallest absolute Gasteiger partial charge is 0.0336 e. The molecule has 0 bridgehead atoms. The van der Waals surface area contributed by atoms with Gasteiger partial charge in [0.25, 0.3) is 0 Å². The van der Waals surface area contributed by atoms with Crippen molar-refractivity contribution < 1.29 is 20.4 Å². The summed E-state index contributed by atoms with van der Waals surface area (Å²) in [5.74, 6) is 0.972. The Morgan fingerprint density at radius 1 is 1.78 bits per heavy atom. The number of thioether (sulfide) groups is 1. The molecule has 0 radical (unpaired) electrons. The van der Waals surface area contributed by atoms with E-state index in [2.05, 4.69) is 16.5 Å². The van der Waals surface area contributed by atoms with Crippen LogP contribution in [0, 0.1) is 0 Å². The van der Waals surface area contributed by atoms with Crippen molar-refractivity contribution in [2.75, 3.05) is 6.26 Å². The largest absolute Gasteiger partial charge is 0.581 e. The van der Waals surface area contributed by atoms with Crippen LogP contribution in [0.4, 0.5) is 0 Å². The molecule has 0 aliphatic carbocycles. The van der Waals surface area contributed by atoms with Crippen LogP contribution >= 0.6 is 11.8 Å². The molecule has 4 heteroatoms. The normalized spacial score (nSPS) is 8.56. The van der Waals surface area contributed by atoms with Crippen molar-refractivity contribution in [3.63, 3.8) is 0 Å². The van der Waals surface area contributed by atoms with Gasteiger partial charge in [-0.05, 0) is 6.26 Å². The van der Waals surface area contributed by atoms with Crippen LogP contribution in [-0.2, 0) is 26.2 Å². The van der Waals surface area contributed by atoms with Gasteiger partial charge in [-0.2, -0.15) is 18.0 Å². The minimum atomic E-state index is 0. The molecule has 0 saturated carbocycles. The molecule has 2 nitrogen and oxygen atoms in total. The van der Waals surface area contributed by atoms with Gasteiger partial charge in [-0.3, -0.25) is 0 Å². The second-order valence-electron chi connectivity index (χ2n) is 1.46. The van der Waals surface area contributed by atoms with Crippen molar-refractivity contribution in [1.29, 1.82) is 0 Å². The Bertz CT molecular complexity index is 141. The fourth-order valence-electron chi connectivity index (χ4n) is 0.485. The first kappa shape index (κ1) is 9.22. The summed E-state index contributed by atoms with van der Waals surface area (Å²) in [6, 6.07) is 1.93. The molecule has 0 aliphatic heterocycles. The van der Waals surface area contributed by atoms with E-state index in [-0.39, 0.29) is 20.4 Å². The Hall–Kier alpha value is 0.222. The summed E-state index contributed by atoms with van der Waals surface area (Å²) >= 11 is 1.76. The molecule has 0 fully saturated rings. The third-order valence-corrected chi connectivity index (χ3v) is 1.40. The first-order valence-corrected chi connectivity index (χ1v) is 3.75. The van der Waals surface area contributed by atoms with Gasteiger partial charge in [0.2, 0.25) is 0 Å². The predicted octanol–water partition coefficient (Wildman–Crippen LogP) is 0.899. The first-order chi connectivity index (χ1) is 3.93.